The Morgan fingerprint density at radius 1 is 1.42 bits per heavy atom. The maximum atomic E-state index is 11.5. The molecule has 1 aromatic carbocycles. The first-order valence-corrected chi connectivity index (χ1v) is 5.95. The molecule has 0 saturated heterocycles. The van der Waals surface area contributed by atoms with Gasteiger partial charge in [-0.05, 0) is 18.6 Å². The van der Waals surface area contributed by atoms with Crippen LogP contribution in [-0.4, -0.2) is 23.0 Å². The first-order valence-electron chi connectivity index (χ1n) is 5.95. The van der Waals surface area contributed by atoms with E-state index in [0.29, 0.717) is 10.9 Å². The highest BCUT2D eigenvalue weighted by Gasteiger charge is 2.19. The molecule has 0 fully saturated rings. The molecule has 0 amide bonds. The monoisotopic (exact) mass is 262 g/mol. The van der Waals surface area contributed by atoms with E-state index in [1.54, 1.807) is 6.07 Å². The van der Waals surface area contributed by atoms with E-state index >= 15 is 0 Å². The first-order chi connectivity index (χ1) is 9.06. The molecule has 0 aliphatic carbocycles. The van der Waals surface area contributed by atoms with Crippen molar-refractivity contribution < 1.29 is 14.5 Å². The molecule has 6 heteroatoms. The molecule has 0 saturated carbocycles. The van der Waals surface area contributed by atoms with Crippen molar-refractivity contribution in [3.05, 3.63) is 39.6 Å². The van der Waals surface area contributed by atoms with E-state index in [1.807, 2.05) is 13.0 Å². The Morgan fingerprint density at radius 2 is 2.16 bits per heavy atom. The maximum Gasteiger partial charge on any atom is 0.338 e. The number of nitro groups is 1. The van der Waals surface area contributed by atoms with Crippen LogP contribution in [0.3, 0.4) is 0 Å². The summed E-state index contributed by atoms with van der Waals surface area (Å²) in [5.41, 5.74) is 1.44. The fourth-order valence-corrected chi connectivity index (χ4v) is 2.07. The molecule has 100 valence electrons. The molecule has 0 atom stereocenters. The van der Waals surface area contributed by atoms with Crippen molar-refractivity contribution in [2.45, 2.75) is 19.8 Å². The summed E-state index contributed by atoms with van der Waals surface area (Å²) in [4.78, 5) is 25.1. The van der Waals surface area contributed by atoms with Gasteiger partial charge in [0.2, 0.25) is 0 Å². The van der Waals surface area contributed by atoms with Gasteiger partial charge in [-0.3, -0.25) is 10.1 Å². The zero-order valence-corrected chi connectivity index (χ0v) is 10.7. The van der Waals surface area contributed by atoms with Crippen molar-refractivity contribution in [3.63, 3.8) is 0 Å². The molecule has 6 nitrogen and oxygen atoms in total. The van der Waals surface area contributed by atoms with Crippen LogP contribution < -0.4 is 0 Å². The van der Waals surface area contributed by atoms with Gasteiger partial charge in [0.1, 0.15) is 5.52 Å². The summed E-state index contributed by atoms with van der Waals surface area (Å²) < 4.78 is 4.60. The second-order valence-corrected chi connectivity index (χ2v) is 4.25. The third-order valence-electron chi connectivity index (χ3n) is 2.90. The van der Waals surface area contributed by atoms with Gasteiger partial charge in [0.15, 0.2) is 0 Å². The molecule has 0 spiro atoms. The first kappa shape index (κ1) is 13.1. The summed E-state index contributed by atoms with van der Waals surface area (Å²) in [7, 11) is 1.25. The van der Waals surface area contributed by atoms with Crippen molar-refractivity contribution >= 4 is 22.6 Å². The second kappa shape index (κ2) is 5.09. The summed E-state index contributed by atoms with van der Waals surface area (Å²) in [6, 6.07) is 4.67. The van der Waals surface area contributed by atoms with Crippen molar-refractivity contribution in [2.24, 2.45) is 0 Å². The largest absolute Gasteiger partial charge is 0.465 e. The van der Waals surface area contributed by atoms with Crippen molar-refractivity contribution in [2.75, 3.05) is 7.11 Å². The van der Waals surface area contributed by atoms with E-state index < -0.39 is 10.9 Å². The smallest absolute Gasteiger partial charge is 0.338 e. The van der Waals surface area contributed by atoms with Crippen LogP contribution in [0.15, 0.2) is 18.2 Å². The Labute approximate surface area is 109 Å². The zero-order chi connectivity index (χ0) is 14.0. The minimum absolute atomic E-state index is 0.111. The Kier molecular flexibility index (Phi) is 3.50. The zero-order valence-electron chi connectivity index (χ0n) is 10.7. The lowest BCUT2D eigenvalue weighted by molar-refractivity contribution is -0.383. The number of nitrogens with zero attached hydrogens (tertiary/aromatic N) is 1. The number of ether oxygens (including phenoxy) is 1. The third-order valence-corrected chi connectivity index (χ3v) is 2.90. The number of aromatic nitrogens is 1. The topological polar surface area (TPSA) is 85.2 Å². The molecule has 0 radical (unpaired) electrons. The SMILES string of the molecule is CCCc1cc2cc(C(=O)OC)cc([N+](=O)[O-])c2[nH]1. The molecular weight excluding hydrogens is 248 g/mol. The summed E-state index contributed by atoms with van der Waals surface area (Å²) in [6.07, 6.45) is 1.74. The number of nitrogens with one attached hydrogen (secondary N) is 1. The number of aromatic amines is 1. The molecule has 0 aliphatic rings. The van der Waals surface area contributed by atoms with Crippen molar-refractivity contribution in [1.82, 2.24) is 4.98 Å². The summed E-state index contributed by atoms with van der Waals surface area (Å²) >= 11 is 0. The average Bonchev–Trinajstić information content (AvgIpc) is 2.78. The Balaban J connectivity index is 2.65. The number of nitro benzene ring substituents is 1. The van der Waals surface area contributed by atoms with Gasteiger partial charge in [-0.15, -0.1) is 0 Å². The Hall–Kier alpha value is -2.37. The third kappa shape index (κ3) is 2.42. The lowest BCUT2D eigenvalue weighted by Crippen LogP contribution is -2.02. The Morgan fingerprint density at radius 3 is 2.74 bits per heavy atom. The van der Waals surface area contributed by atoms with Gasteiger partial charge in [-0.1, -0.05) is 13.3 Å². The van der Waals surface area contributed by atoms with Crippen LogP contribution in [-0.2, 0) is 11.2 Å². The number of methoxy groups -OCH3 is 1. The van der Waals surface area contributed by atoms with Crippen molar-refractivity contribution in [3.8, 4) is 0 Å². The number of non-ortho nitro benzene ring substituents is 1. The number of aryl methyl sites for hydroxylation is 1. The molecule has 1 aromatic heterocycles. The van der Waals surface area contributed by atoms with E-state index in [4.69, 9.17) is 0 Å². The molecule has 0 unspecified atom stereocenters. The van der Waals surface area contributed by atoms with Crippen LogP contribution in [0.1, 0.15) is 29.4 Å². The number of rotatable bonds is 4. The van der Waals surface area contributed by atoms with Gasteiger partial charge < -0.3 is 9.72 Å². The van der Waals surface area contributed by atoms with Crippen LogP contribution in [0.25, 0.3) is 10.9 Å². The van der Waals surface area contributed by atoms with E-state index in [0.717, 1.165) is 18.5 Å². The average molecular weight is 262 g/mol. The fraction of sp³-hybridized carbons (Fsp3) is 0.308. The van der Waals surface area contributed by atoms with Crippen LogP contribution in [0.4, 0.5) is 5.69 Å². The quantitative estimate of drug-likeness (QED) is 0.521. The molecule has 1 N–H and O–H groups in total. The number of esters is 1. The number of carbonyl (C=O) groups is 1. The predicted molar refractivity (Wildman–Crippen MR) is 70.3 cm³/mol. The van der Waals surface area contributed by atoms with Gasteiger partial charge in [-0.2, -0.15) is 0 Å². The predicted octanol–water partition coefficient (Wildman–Crippen LogP) is 2.82. The van der Waals surface area contributed by atoms with Crippen LogP contribution in [0, 0.1) is 10.1 Å². The molecule has 0 bridgehead atoms. The highest BCUT2D eigenvalue weighted by atomic mass is 16.6. The van der Waals surface area contributed by atoms with E-state index in [9.17, 15) is 14.9 Å². The van der Waals surface area contributed by atoms with Crippen LogP contribution in [0.2, 0.25) is 0 Å². The normalized spacial score (nSPS) is 10.6. The Bertz CT molecular complexity index is 645. The van der Waals surface area contributed by atoms with Crippen LogP contribution >= 0.6 is 0 Å². The minimum Gasteiger partial charge on any atom is -0.465 e. The second-order valence-electron chi connectivity index (χ2n) is 4.25. The van der Waals surface area contributed by atoms with E-state index in [1.165, 1.54) is 13.2 Å². The number of fused-ring (bicyclic) bond motifs is 1. The summed E-state index contributed by atoms with van der Waals surface area (Å²) in [5, 5.41) is 11.7. The number of hydrogen-bond donors (Lipinski definition) is 1. The van der Waals surface area contributed by atoms with Gasteiger partial charge in [0.25, 0.3) is 5.69 Å². The summed E-state index contributed by atoms with van der Waals surface area (Å²) in [6.45, 7) is 2.03. The lowest BCUT2D eigenvalue weighted by atomic mass is 10.1. The van der Waals surface area contributed by atoms with Crippen molar-refractivity contribution in [1.29, 1.82) is 0 Å². The van der Waals surface area contributed by atoms with Gasteiger partial charge in [0, 0.05) is 17.1 Å². The highest BCUT2D eigenvalue weighted by molar-refractivity contribution is 5.98. The number of H-pyrrole nitrogens is 1. The van der Waals surface area contributed by atoms with E-state index in [2.05, 4.69) is 9.72 Å². The van der Waals surface area contributed by atoms with E-state index in [-0.39, 0.29) is 11.3 Å². The lowest BCUT2D eigenvalue weighted by Gasteiger charge is -2.00. The molecular formula is C13H14N2O4. The molecule has 2 aromatic rings. The van der Waals surface area contributed by atoms with Gasteiger partial charge in [0.05, 0.1) is 17.6 Å². The number of carbonyl (C=O) groups excluding carboxylic acids is 1. The molecule has 2 rings (SSSR count). The maximum absolute atomic E-state index is 11.5. The number of hydrogen-bond acceptors (Lipinski definition) is 4. The molecule has 19 heavy (non-hydrogen) atoms. The number of benzene rings is 1. The molecule has 0 aliphatic heterocycles. The standard InChI is InChI=1S/C13H14N2O4/c1-3-4-10-6-8-5-9(13(16)19-2)7-11(15(17)18)12(8)14-10/h5-7,14H,3-4H2,1-2H3. The fourth-order valence-electron chi connectivity index (χ4n) is 2.07. The molecule has 1 heterocycles. The van der Waals surface area contributed by atoms with Crippen LogP contribution in [0.5, 0.6) is 0 Å². The highest BCUT2D eigenvalue weighted by Crippen LogP contribution is 2.28. The minimum atomic E-state index is -0.580. The van der Waals surface area contributed by atoms with Gasteiger partial charge in [-0.25, -0.2) is 4.79 Å². The summed E-state index contributed by atoms with van der Waals surface area (Å²) in [5.74, 6) is -0.580. The van der Waals surface area contributed by atoms with Gasteiger partial charge >= 0.3 is 5.97 Å².